The van der Waals surface area contributed by atoms with Crippen LogP contribution in [0.2, 0.25) is 0 Å². The van der Waals surface area contributed by atoms with Crippen LogP contribution in [0.4, 0.5) is 8.78 Å². The normalized spacial score (nSPS) is 21.5. The highest BCUT2D eigenvalue weighted by molar-refractivity contribution is 6.06. The zero-order valence-electron chi connectivity index (χ0n) is 17.0. The summed E-state index contributed by atoms with van der Waals surface area (Å²) in [6, 6.07) is 9.83. The number of nitrogens with zero attached hydrogens (tertiary/aromatic N) is 1. The fourth-order valence-corrected chi connectivity index (χ4v) is 4.36. The lowest BCUT2D eigenvalue weighted by Crippen LogP contribution is -2.44. The van der Waals surface area contributed by atoms with Crippen LogP contribution in [-0.2, 0) is 0 Å². The number of aromatic nitrogens is 1. The first kappa shape index (κ1) is 20.3. The standard InChI is InChI=1S/C24H24F2N2O2/c1-14-6-5-9-21(15(14)2)27-23(29)19-13-28(22-11-10-16(25)12-20(22)26)24(30)18-8-4-3-7-17(18)19/h3-4,7-8,10-15,21H,5-6,9H2,1-2H3,(H,27,29)/t14-,15+,21-/m1/s1. The number of benzene rings is 2. The third-order valence-electron chi connectivity index (χ3n) is 6.36. The highest BCUT2D eigenvalue weighted by Gasteiger charge is 2.29. The van der Waals surface area contributed by atoms with Crippen LogP contribution in [0.15, 0.2) is 53.5 Å². The van der Waals surface area contributed by atoms with Gasteiger partial charge >= 0.3 is 0 Å². The molecular formula is C24H24F2N2O2. The predicted octanol–water partition coefficient (Wildman–Crippen LogP) is 4.82. The summed E-state index contributed by atoms with van der Waals surface area (Å²) in [5.74, 6) is -1.04. The number of hydrogen-bond acceptors (Lipinski definition) is 2. The van der Waals surface area contributed by atoms with Gasteiger partial charge in [-0.2, -0.15) is 0 Å². The number of amides is 1. The molecule has 1 amide bonds. The van der Waals surface area contributed by atoms with Gasteiger partial charge in [0.05, 0.1) is 11.3 Å². The molecule has 4 nitrogen and oxygen atoms in total. The molecule has 3 aromatic rings. The van der Waals surface area contributed by atoms with Crippen molar-refractivity contribution in [1.29, 1.82) is 0 Å². The lowest BCUT2D eigenvalue weighted by molar-refractivity contribution is 0.0892. The van der Waals surface area contributed by atoms with Crippen molar-refractivity contribution >= 4 is 16.7 Å². The van der Waals surface area contributed by atoms with E-state index >= 15 is 0 Å². The minimum Gasteiger partial charge on any atom is -0.349 e. The maximum atomic E-state index is 14.4. The number of halogens is 2. The summed E-state index contributed by atoms with van der Waals surface area (Å²) in [5, 5.41) is 3.94. The number of carbonyl (C=O) groups is 1. The molecule has 1 aliphatic carbocycles. The van der Waals surface area contributed by atoms with Crippen LogP contribution < -0.4 is 10.9 Å². The quantitative estimate of drug-likeness (QED) is 0.673. The Labute approximate surface area is 173 Å². The Morgan fingerprint density at radius 2 is 1.80 bits per heavy atom. The van der Waals surface area contributed by atoms with Crippen LogP contribution in [-0.4, -0.2) is 16.5 Å². The molecule has 0 saturated heterocycles. The van der Waals surface area contributed by atoms with Gasteiger partial charge in [-0.05, 0) is 36.5 Å². The number of nitrogens with one attached hydrogen (secondary N) is 1. The van der Waals surface area contributed by atoms with E-state index in [2.05, 4.69) is 19.2 Å². The minimum atomic E-state index is -0.867. The monoisotopic (exact) mass is 410 g/mol. The first-order chi connectivity index (χ1) is 14.4. The highest BCUT2D eigenvalue weighted by atomic mass is 19.1. The van der Waals surface area contributed by atoms with Crippen molar-refractivity contribution in [2.24, 2.45) is 11.8 Å². The van der Waals surface area contributed by atoms with E-state index in [0.717, 1.165) is 36.0 Å². The molecule has 1 aliphatic rings. The molecule has 1 aromatic heterocycles. The van der Waals surface area contributed by atoms with Gasteiger partial charge in [0, 0.05) is 29.1 Å². The Kier molecular flexibility index (Phi) is 5.41. The van der Waals surface area contributed by atoms with Crippen molar-refractivity contribution < 1.29 is 13.6 Å². The molecule has 30 heavy (non-hydrogen) atoms. The maximum Gasteiger partial charge on any atom is 0.263 e. The van der Waals surface area contributed by atoms with Crippen LogP contribution in [0, 0.1) is 23.5 Å². The molecule has 6 heteroatoms. The third-order valence-corrected chi connectivity index (χ3v) is 6.36. The van der Waals surface area contributed by atoms with Gasteiger partial charge in [-0.3, -0.25) is 14.2 Å². The second-order valence-corrected chi connectivity index (χ2v) is 8.21. The van der Waals surface area contributed by atoms with Gasteiger partial charge in [0.15, 0.2) is 0 Å². The maximum absolute atomic E-state index is 14.4. The molecule has 1 saturated carbocycles. The summed E-state index contributed by atoms with van der Waals surface area (Å²) in [6.07, 6.45) is 4.46. The van der Waals surface area contributed by atoms with Crippen molar-refractivity contribution in [1.82, 2.24) is 9.88 Å². The average Bonchev–Trinajstić information content (AvgIpc) is 2.72. The topological polar surface area (TPSA) is 51.1 Å². The summed E-state index contributed by atoms with van der Waals surface area (Å²) in [4.78, 5) is 26.2. The number of fused-ring (bicyclic) bond motifs is 1. The number of hydrogen-bond donors (Lipinski definition) is 1. The minimum absolute atomic E-state index is 0.0444. The summed E-state index contributed by atoms with van der Waals surface area (Å²) >= 11 is 0. The second kappa shape index (κ2) is 8.01. The lowest BCUT2D eigenvalue weighted by Gasteiger charge is -2.34. The van der Waals surface area contributed by atoms with Gasteiger partial charge in [0.1, 0.15) is 11.6 Å². The van der Waals surface area contributed by atoms with E-state index in [0.29, 0.717) is 28.2 Å². The number of carbonyl (C=O) groups excluding carboxylic acids is 1. The fourth-order valence-electron chi connectivity index (χ4n) is 4.36. The Morgan fingerprint density at radius 1 is 1.07 bits per heavy atom. The number of rotatable bonds is 3. The van der Waals surface area contributed by atoms with Crippen LogP contribution >= 0.6 is 0 Å². The number of pyridine rings is 1. The zero-order chi connectivity index (χ0) is 21.4. The zero-order valence-corrected chi connectivity index (χ0v) is 17.0. The van der Waals surface area contributed by atoms with Gasteiger partial charge in [0.2, 0.25) is 0 Å². The van der Waals surface area contributed by atoms with Crippen LogP contribution in [0.25, 0.3) is 16.5 Å². The average molecular weight is 410 g/mol. The van der Waals surface area contributed by atoms with E-state index in [1.807, 2.05) is 0 Å². The van der Waals surface area contributed by atoms with Gasteiger partial charge in [-0.1, -0.05) is 44.9 Å². The van der Waals surface area contributed by atoms with Gasteiger partial charge in [-0.25, -0.2) is 8.78 Å². The predicted molar refractivity (Wildman–Crippen MR) is 113 cm³/mol. The van der Waals surface area contributed by atoms with E-state index in [1.54, 1.807) is 24.3 Å². The molecular weight excluding hydrogens is 386 g/mol. The Bertz CT molecular complexity index is 1170. The Balaban J connectivity index is 1.82. The summed E-state index contributed by atoms with van der Waals surface area (Å²) in [6.45, 7) is 4.33. The molecule has 0 radical (unpaired) electrons. The van der Waals surface area contributed by atoms with E-state index in [-0.39, 0.29) is 17.6 Å². The van der Waals surface area contributed by atoms with Crippen LogP contribution in [0.5, 0.6) is 0 Å². The fraction of sp³-hybridized carbons (Fsp3) is 0.333. The van der Waals surface area contributed by atoms with E-state index < -0.39 is 17.2 Å². The van der Waals surface area contributed by atoms with Gasteiger partial charge in [0.25, 0.3) is 11.5 Å². The van der Waals surface area contributed by atoms with Crippen molar-refractivity contribution in [2.45, 2.75) is 39.2 Å². The molecule has 3 atom stereocenters. The van der Waals surface area contributed by atoms with Crippen molar-refractivity contribution in [2.75, 3.05) is 0 Å². The third kappa shape index (κ3) is 3.62. The van der Waals surface area contributed by atoms with Gasteiger partial charge in [-0.15, -0.1) is 0 Å². The van der Waals surface area contributed by atoms with Gasteiger partial charge < -0.3 is 5.32 Å². The van der Waals surface area contributed by atoms with E-state index in [9.17, 15) is 18.4 Å². The molecule has 4 rings (SSSR count). The molecule has 156 valence electrons. The van der Waals surface area contributed by atoms with Crippen molar-refractivity contribution in [3.05, 3.63) is 76.2 Å². The molecule has 0 spiro atoms. The molecule has 1 heterocycles. The van der Waals surface area contributed by atoms with Crippen LogP contribution in [0.1, 0.15) is 43.5 Å². The first-order valence-corrected chi connectivity index (χ1v) is 10.3. The molecule has 0 unspecified atom stereocenters. The van der Waals surface area contributed by atoms with Crippen molar-refractivity contribution in [3.8, 4) is 5.69 Å². The molecule has 1 fully saturated rings. The largest absolute Gasteiger partial charge is 0.349 e. The molecule has 1 N–H and O–H groups in total. The molecule has 0 bridgehead atoms. The lowest BCUT2D eigenvalue weighted by atomic mass is 9.78. The first-order valence-electron chi connectivity index (χ1n) is 10.3. The molecule has 2 aromatic carbocycles. The second-order valence-electron chi connectivity index (χ2n) is 8.21. The van der Waals surface area contributed by atoms with E-state index in [1.165, 1.54) is 12.3 Å². The Morgan fingerprint density at radius 3 is 2.53 bits per heavy atom. The molecule has 0 aliphatic heterocycles. The van der Waals surface area contributed by atoms with Crippen molar-refractivity contribution in [3.63, 3.8) is 0 Å². The van der Waals surface area contributed by atoms with E-state index in [4.69, 9.17) is 0 Å². The summed E-state index contributed by atoms with van der Waals surface area (Å²) in [5.41, 5.74) is -0.271. The Hall–Kier alpha value is -3.02. The smallest absolute Gasteiger partial charge is 0.263 e. The summed E-state index contributed by atoms with van der Waals surface area (Å²) in [7, 11) is 0. The summed E-state index contributed by atoms with van der Waals surface area (Å²) < 4.78 is 28.9. The SMILES string of the molecule is C[C@H]1[C@H](C)CCC[C@H]1NC(=O)c1cn(-c2ccc(F)cc2F)c(=O)c2ccccc12. The highest BCUT2D eigenvalue weighted by Crippen LogP contribution is 2.30. The van der Waals surface area contributed by atoms with Crippen LogP contribution in [0.3, 0.4) is 0 Å².